The molecule has 0 radical (unpaired) electrons. The van der Waals surface area contributed by atoms with Crippen LogP contribution in [0.5, 0.6) is 0 Å². The molecule has 0 aliphatic rings. The van der Waals surface area contributed by atoms with Crippen LogP contribution in [0.3, 0.4) is 0 Å². The number of anilines is 1. The van der Waals surface area contributed by atoms with Gasteiger partial charge in [-0.3, -0.25) is 4.79 Å². The van der Waals surface area contributed by atoms with Crippen molar-refractivity contribution in [2.24, 2.45) is 0 Å². The molecule has 1 N–H and O–H groups in total. The fourth-order valence-electron chi connectivity index (χ4n) is 2.87. The van der Waals surface area contributed by atoms with Gasteiger partial charge < -0.3 is 14.8 Å². The number of para-hydroxylation sites is 2. The van der Waals surface area contributed by atoms with Gasteiger partial charge in [-0.25, -0.2) is 9.78 Å². The summed E-state index contributed by atoms with van der Waals surface area (Å²) in [7, 11) is 1.54. The third-order valence-electron chi connectivity index (χ3n) is 4.10. The summed E-state index contributed by atoms with van der Waals surface area (Å²) in [5.41, 5.74) is 2.99. The molecule has 0 fully saturated rings. The fraction of sp³-hybridized carbons (Fsp3) is 0.190. The number of ether oxygens (including phenoxy) is 2. The standard InChI is InChI=1S/C21H20N2O4/c1-14-16-10-6-7-11-17(16)23-18(12-26-2)20(14)21(25)27-13-19(24)22-15-8-4-3-5-9-15/h3-11H,12-13H2,1-2H3,(H,22,24). The predicted octanol–water partition coefficient (Wildman–Crippen LogP) is 3.49. The number of hydrogen-bond acceptors (Lipinski definition) is 5. The smallest absolute Gasteiger partial charge is 0.340 e. The van der Waals surface area contributed by atoms with Gasteiger partial charge in [0.1, 0.15) is 0 Å². The number of aromatic nitrogens is 1. The Hall–Kier alpha value is -3.25. The maximum Gasteiger partial charge on any atom is 0.340 e. The van der Waals surface area contributed by atoms with E-state index >= 15 is 0 Å². The number of pyridine rings is 1. The zero-order valence-electron chi connectivity index (χ0n) is 15.2. The molecule has 0 bridgehead atoms. The monoisotopic (exact) mass is 364 g/mol. The highest BCUT2D eigenvalue weighted by molar-refractivity contribution is 6.00. The molecule has 3 aromatic rings. The van der Waals surface area contributed by atoms with Crippen LogP contribution in [0, 0.1) is 6.92 Å². The maximum absolute atomic E-state index is 12.7. The SMILES string of the molecule is COCc1nc2ccccc2c(C)c1C(=O)OCC(=O)Nc1ccccc1. The summed E-state index contributed by atoms with van der Waals surface area (Å²) in [6.07, 6.45) is 0. The predicted molar refractivity (Wildman–Crippen MR) is 103 cm³/mol. The number of benzene rings is 2. The molecule has 0 spiro atoms. The van der Waals surface area contributed by atoms with E-state index < -0.39 is 11.9 Å². The van der Waals surface area contributed by atoms with E-state index in [4.69, 9.17) is 9.47 Å². The van der Waals surface area contributed by atoms with Gasteiger partial charge in [-0.15, -0.1) is 0 Å². The molecule has 1 amide bonds. The highest BCUT2D eigenvalue weighted by atomic mass is 16.5. The molecule has 0 atom stereocenters. The molecule has 6 heteroatoms. The van der Waals surface area contributed by atoms with Crippen molar-refractivity contribution in [2.75, 3.05) is 19.0 Å². The minimum absolute atomic E-state index is 0.173. The van der Waals surface area contributed by atoms with Crippen LogP contribution in [-0.4, -0.2) is 30.6 Å². The zero-order valence-corrected chi connectivity index (χ0v) is 15.2. The van der Waals surface area contributed by atoms with E-state index in [-0.39, 0.29) is 13.2 Å². The largest absolute Gasteiger partial charge is 0.452 e. The highest BCUT2D eigenvalue weighted by Gasteiger charge is 2.21. The molecule has 0 saturated heterocycles. The second-order valence-corrected chi connectivity index (χ2v) is 6.00. The number of aryl methyl sites for hydroxylation is 1. The average Bonchev–Trinajstić information content (AvgIpc) is 2.67. The lowest BCUT2D eigenvalue weighted by atomic mass is 10.0. The third kappa shape index (κ3) is 4.30. The Balaban J connectivity index is 1.79. The Morgan fingerprint density at radius 1 is 1.04 bits per heavy atom. The molecule has 2 aromatic carbocycles. The second kappa shape index (κ2) is 8.42. The number of fused-ring (bicyclic) bond motifs is 1. The molecule has 0 saturated carbocycles. The number of nitrogens with one attached hydrogen (secondary N) is 1. The normalized spacial score (nSPS) is 10.6. The van der Waals surface area contributed by atoms with Crippen LogP contribution in [0.4, 0.5) is 5.69 Å². The van der Waals surface area contributed by atoms with Crippen molar-refractivity contribution < 1.29 is 19.1 Å². The topological polar surface area (TPSA) is 77.5 Å². The Labute approximate surface area is 157 Å². The summed E-state index contributed by atoms with van der Waals surface area (Å²) in [5.74, 6) is -1.00. The summed E-state index contributed by atoms with van der Waals surface area (Å²) in [6.45, 7) is 1.63. The second-order valence-electron chi connectivity index (χ2n) is 6.00. The molecule has 0 aliphatic carbocycles. The van der Waals surface area contributed by atoms with Crippen LogP contribution < -0.4 is 5.32 Å². The van der Waals surface area contributed by atoms with Crippen molar-refractivity contribution in [3.63, 3.8) is 0 Å². The average molecular weight is 364 g/mol. The lowest BCUT2D eigenvalue weighted by Gasteiger charge is -2.14. The van der Waals surface area contributed by atoms with Crippen LogP contribution >= 0.6 is 0 Å². The number of amides is 1. The van der Waals surface area contributed by atoms with Crippen molar-refractivity contribution in [1.82, 2.24) is 4.98 Å². The summed E-state index contributed by atoms with van der Waals surface area (Å²) in [5, 5.41) is 3.54. The number of nitrogens with zero attached hydrogens (tertiary/aromatic N) is 1. The van der Waals surface area contributed by atoms with E-state index in [1.165, 1.54) is 7.11 Å². The summed E-state index contributed by atoms with van der Waals surface area (Å²) >= 11 is 0. The van der Waals surface area contributed by atoms with Gasteiger partial charge in [0.2, 0.25) is 0 Å². The maximum atomic E-state index is 12.7. The van der Waals surface area contributed by atoms with Gasteiger partial charge in [0.25, 0.3) is 5.91 Å². The van der Waals surface area contributed by atoms with Crippen molar-refractivity contribution >= 4 is 28.5 Å². The van der Waals surface area contributed by atoms with E-state index in [9.17, 15) is 9.59 Å². The number of esters is 1. The Morgan fingerprint density at radius 2 is 1.74 bits per heavy atom. The van der Waals surface area contributed by atoms with Crippen molar-refractivity contribution in [3.8, 4) is 0 Å². The summed E-state index contributed by atoms with van der Waals surface area (Å²) in [6, 6.07) is 16.5. The van der Waals surface area contributed by atoms with Gasteiger partial charge in [0.15, 0.2) is 6.61 Å². The van der Waals surface area contributed by atoms with Crippen LogP contribution in [0.2, 0.25) is 0 Å². The molecular formula is C21H20N2O4. The van der Waals surface area contributed by atoms with Gasteiger partial charge in [-0.1, -0.05) is 36.4 Å². The van der Waals surface area contributed by atoms with Crippen molar-refractivity contribution in [3.05, 3.63) is 71.4 Å². The molecule has 6 nitrogen and oxygen atoms in total. The van der Waals surface area contributed by atoms with Gasteiger partial charge in [0, 0.05) is 18.2 Å². The first-order chi connectivity index (χ1) is 13.1. The van der Waals surface area contributed by atoms with Crippen LogP contribution in [0.1, 0.15) is 21.6 Å². The lowest BCUT2D eigenvalue weighted by Crippen LogP contribution is -2.22. The molecule has 27 heavy (non-hydrogen) atoms. The zero-order chi connectivity index (χ0) is 19.2. The third-order valence-corrected chi connectivity index (χ3v) is 4.10. The van der Waals surface area contributed by atoms with Gasteiger partial charge in [-0.2, -0.15) is 0 Å². The highest BCUT2D eigenvalue weighted by Crippen LogP contribution is 2.24. The summed E-state index contributed by atoms with van der Waals surface area (Å²) in [4.78, 5) is 29.2. The number of rotatable bonds is 6. The molecule has 138 valence electrons. The van der Waals surface area contributed by atoms with E-state index in [0.29, 0.717) is 16.9 Å². The van der Waals surface area contributed by atoms with Crippen molar-refractivity contribution in [2.45, 2.75) is 13.5 Å². The van der Waals surface area contributed by atoms with E-state index in [0.717, 1.165) is 16.5 Å². The van der Waals surface area contributed by atoms with Gasteiger partial charge in [-0.05, 0) is 30.7 Å². The first-order valence-corrected chi connectivity index (χ1v) is 8.49. The minimum atomic E-state index is -0.596. The molecule has 0 unspecified atom stereocenters. The number of methoxy groups -OCH3 is 1. The first-order valence-electron chi connectivity index (χ1n) is 8.49. The van der Waals surface area contributed by atoms with E-state index in [1.54, 1.807) is 12.1 Å². The Morgan fingerprint density at radius 3 is 2.48 bits per heavy atom. The number of hydrogen-bond donors (Lipinski definition) is 1. The number of carbonyl (C=O) groups excluding carboxylic acids is 2. The molecule has 3 rings (SSSR count). The fourth-order valence-corrected chi connectivity index (χ4v) is 2.87. The van der Waals surface area contributed by atoms with Crippen LogP contribution in [0.25, 0.3) is 10.9 Å². The Bertz CT molecular complexity index is 971. The van der Waals surface area contributed by atoms with E-state index in [2.05, 4.69) is 10.3 Å². The molecule has 1 heterocycles. The van der Waals surface area contributed by atoms with Crippen LogP contribution in [-0.2, 0) is 20.9 Å². The van der Waals surface area contributed by atoms with Crippen molar-refractivity contribution in [1.29, 1.82) is 0 Å². The van der Waals surface area contributed by atoms with Gasteiger partial charge >= 0.3 is 5.97 Å². The molecule has 1 aromatic heterocycles. The first kappa shape index (κ1) is 18.5. The lowest BCUT2D eigenvalue weighted by molar-refractivity contribution is -0.119. The molecular weight excluding hydrogens is 344 g/mol. The molecule has 0 aliphatic heterocycles. The number of carbonyl (C=O) groups is 2. The van der Waals surface area contributed by atoms with E-state index in [1.807, 2.05) is 49.4 Å². The summed E-state index contributed by atoms with van der Waals surface area (Å²) < 4.78 is 10.4. The quantitative estimate of drug-likeness (QED) is 0.678. The minimum Gasteiger partial charge on any atom is -0.452 e. The van der Waals surface area contributed by atoms with Gasteiger partial charge in [0.05, 0.1) is 23.4 Å². The van der Waals surface area contributed by atoms with Crippen LogP contribution in [0.15, 0.2) is 54.6 Å². The Kier molecular flexibility index (Phi) is 5.78.